The highest BCUT2D eigenvalue weighted by molar-refractivity contribution is 7.99. The number of hydrogen-bond acceptors (Lipinski definition) is 5. The van der Waals surface area contributed by atoms with E-state index in [9.17, 15) is 0 Å². The first-order valence-corrected chi connectivity index (χ1v) is 6.78. The molecular formula is C10H20N4OS. The molecule has 1 rings (SSSR count). The standard InChI is InChI=1S/C10H20N4OS/c1-9(16-2)6-11-7-10-8-14(13-12-10)4-3-5-15/h8-9,11,15H,3-7H2,1-2H3. The van der Waals surface area contributed by atoms with Crippen molar-refractivity contribution in [1.82, 2.24) is 20.3 Å². The summed E-state index contributed by atoms with van der Waals surface area (Å²) < 4.78 is 1.77. The van der Waals surface area contributed by atoms with Crippen LogP contribution in [0.15, 0.2) is 6.20 Å². The van der Waals surface area contributed by atoms with Gasteiger partial charge in [-0.2, -0.15) is 11.8 Å². The summed E-state index contributed by atoms with van der Waals surface area (Å²) in [6.45, 7) is 4.84. The van der Waals surface area contributed by atoms with E-state index >= 15 is 0 Å². The number of aliphatic hydroxyl groups excluding tert-OH is 1. The molecule has 6 heteroatoms. The van der Waals surface area contributed by atoms with Crippen LogP contribution in [0.4, 0.5) is 0 Å². The molecule has 0 saturated carbocycles. The summed E-state index contributed by atoms with van der Waals surface area (Å²) in [5, 5.41) is 20.7. The molecule has 0 aliphatic heterocycles. The van der Waals surface area contributed by atoms with Crippen LogP contribution in [0.2, 0.25) is 0 Å². The van der Waals surface area contributed by atoms with Crippen LogP contribution in [0.25, 0.3) is 0 Å². The zero-order chi connectivity index (χ0) is 11.8. The maximum Gasteiger partial charge on any atom is 0.0964 e. The van der Waals surface area contributed by atoms with Gasteiger partial charge < -0.3 is 10.4 Å². The highest BCUT2D eigenvalue weighted by Crippen LogP contribution is 2.03. The van der Waals surface area contributed by atoms with Gasteiger partial charge in [0.1, 0.15) is 0 Å². The minimum Gasteiger partial charge on any atom is -0.396 e. The molecule has 2 N–H and O–H groups in total. The average Bonchev–Trinajstić information content (AvgIpc) is 2.74. The van der Waals surface area contributed by atoms with Gasteiger partial charge in [-0.05, 0) is 12.7 Å². The van der Waals surface area contributed by atoms with Gasteiger partial charge in [0.05, 0.1) is 5.69 Å². The van der Waals surface area contributed by atoms with E-state index in [1.807, 2.05) is 18.0 Å². The Labute approximate surface area is 101 Å². The van der Waals surface area contributed by atoms with E-state index in [0.717, 1.165) is 31.7 Å². The fourth-order valence-corrected chi connectivity index (χ4v) is 1.53. The maximum atomic E-state index is 8.69. The zero-order valence-corrected chi connectivity index (χ0v) is 10.7. The largest absolute Gasteiger partial charge is 0.396 e. The van der Waals surface area contributed by atoms with Gasteiger partial charge in [0.2, 0.25) is 0 Å². The molecule has 0 aliphatic carbocycles. The number of nitrogens with zero attached hydrogens (tertiary/aromatic N) is 3. The SMILES string of the molecule is CSC(C)CNCc1cn(CCCO)nn1. The molecule has 1 aromatic rings. The van der Waals surface area contributed by atoms with Gasteiger partial charge in [-0.1, -0.05) is 12.1 Å². The number of aryl methyl sites for hydroxylation is 1. The van der Waals surface area contributed by atoms with E-state index in [-0.39, 0.29) is 6.61 Å². The molecule has 0 saturated heterocycles. The second kappa shape index (κ2) is 7.65. The van der Waals surface area contributed by atoms with Crippen LogP contribution in [-0.4, -0.2) is 44.8 Å². The number of aliphatic hydroxyl groups is 1. The third kappa shape index (κ3) is 4.96. The summed E-state index contributed by atoms with van der Waals surface area (Å²) in [7, 11) is 0. The normalized spacial score (nSPS) is 12.9. The molecule has 92 valence electrons. The van der Waals surface area contributed by atoms with Gasteiger partial charge in [0.15, 0.2) is 0 Å². The average molecular weight is 244 g/mol. The van der Waals surface area contributed by atoms with E-state index in [1.54, 1.807) is 4.68 Å². The Morgan fingerprint density at radius 2 is 2.44 bits per heavy atom. The van der Waals surface area contributed by atoms with Crippen molar-refractivity contribution < 1.29 is 5.11 Å². The number of thioether (sulfide) groups is 1. The first kappa shape index (κ1) is 13.5. The number of rotatable bonds is 8. The van der Waals surface area contributed by atoms with E-state index in [4.69, 9.17) is 5.11 Å². The van der Waals surface area contributed by atoms with Crippen molar-refractivity contribution in [3.63, 3.8) is 0 Å². The van der Waals surface area contributed by atoms with Crippen molar-refractivity contribution in [3.05, 3.63) is 11.9 Å². The molecule has 1 heterocycles. The Balaban J connectivity index is 2.23. The molecule has 16 heavy (non-hydrogen) atoms. The Morgan fingerprint density at radius 3 is 3.12 bits per heavy atom. The summed E-state index contributed by atoms with van der Waals surface area (Å²) in [5.41, 5.74) is 0.950. The van der Waals surface area contributed by atoms with Gasteiger partial charge in [-0.25, -0.2) is 0 Å². The summed E-state index contributed by atoms with van der Waals surface area (Å²) in [5.74, 6) is 0. The lowest BCUT2D eigenvalue weighted by Gasteiger charge is -2.07. The second-order valence-electron chi connectivity index (χ2n) is 3.73. The van der Waals surface area contributed by atoms with Gasteiger partial charge in [0, 0.05) is 37.7 Å². The molecule has 0 fully saturated rings. The third-order valence-electron chi connectivity index (χ3n) is 2.27. The summed E-state index contributed by atoms with van der Waals surface area (Å²) in [6, 6.07) is 0. The van der Waals surface area contributed by atoms with E-state index < -0.39 is 0 Å². The van der Waals surface area contributed by atoms with Crippen molar-refractivity contribution >= 4 is 11.8 Å². The van der Waals surface area contributed by atoms with Crippen LogP contribution in [0.1, 0.15) is 19.0 Å². The number of nitrogens with one attached hydrogen (secondary N) is 1. The quantitative estimate of drug-likeness (QED) is 0.697. The first-order chi connectivity index (χ1) is 7.76. The Hall–Kier alpha value is -0.590. The van der Waals surface area contributed by atoms with Gasteiger partial charge in [-0.15, -0.1) is 5.10 Å². The molecular weight excluding hydrogens is 224 g/mol. The predicted molar refractivity (Wildman–Crippen MR) is 66.4 cm³/mol. The fraction of sp³-hybridized carbons (Fsp3) is 0.800. The summed E-state index contributed by atoms with van der Waals surface area (Å²) >= 11 is 1.84. The fourth-order valence-electron chi connectivity index (χ4n) is 1.25. The second-order valence-corrected chi connectivity index (χ2v) is 5.00. The van der Waals surface area contributed by atoms with Crippen LogP contribution in [-0.2, 0) is 13.1 Å². The van der Waals surface area contributed by atoms with Crippen LogP contribution in [0.3, 0.4) is 0 Å². The van der Waals surface area contributed by atoms with Crippen molar-refractivity contribution in [2.24, 2.45) is 0 Å². The lowest BCUT2D eigenvalue weighted by molar-refractivity contribution is 0.276. The summed E-state index contributed by atoms with van der Waals surface area (Å²) in [6.07, 6.45) is 4.75. The van der Waals surface area contributed by atoms with Gasteiger partial charge in [-0.3, -0.25) is 4.68 Å². The first-order valence-electron chi connectivity index (χ1n) is 5.49. The van der Waals surface area contributed by atoms with Crippen molar-refractivity contribution in [3.8, 4) is 0 Å². The monoisotopic (exact) mass is 244 g/mol. The molecule has 0 bridgehead atoms. The highest BCUT2D eigenvalue weighted by atomic mass is 32.2. The zero-order valence-electron chi connectivity index (χ0n) is 9.89. The molecule has 1 aromatic heterocycles. The number of hydrogen-bond donors (Lipinski definition) is 2. The molecule has 0 spiro atoms. The molecule has 0 aliphatic rings. The molecule has 0 amide bonds. The minimum atomic E-state index is 0.193. The maximum absolute atomic E-state index is 8.69. The molecule has 5 nitrogen and oxygen atoms in total. The molecule has 0 radical (unpaired) electrons. The smallest absolute Gasteiger partial charge is 0.0964 e. The van der Waals surface area contributed by atoms with Crippen LogP contribution >= 0.6 is 11.8 Å². The number of aromatic nitrogens is 3. The molecule has 1 atom stereocenters. The Kier molecular flexibility index (Phi) is 6.44. The minimum absolute atomic E-state index is 0.193. The lowest BCUT2D eigenvalue weighted by atomic mass is 10.4. The predicted octanol–water partition coefficient (Wildman–Crippen LogP) is 0.502. The molecule has 0 aromatic carbocycles. The van der Waals surface area contributed by atoms with Gasteiger partial charge >= 0.3 is 0 Å². The van der Waals surface area contributed by atoms with Gasteiger partial charge in [0.25, 0.3) is 0 Å². The summed E-state index contributed by atoms with van der Waals surface area (Å²) in [4.78, 5) is 0. The highest BCUT2D eigenvalue weighted by Gasteiger charge is 2.02. The van der Waals surface area contributed by atoms with Crippen molar-refractivity contribution in [2.45, 2.75) is 31.7 Å². The van der Waals surface area contributed by atoms with Crippen LogP contribution in [0, 0.1) is 0 Å². The Morgan fingerprint density at radius 1 is 1.62 bits per heavy atom. The van der Waals surface area contributed by atoms with E-state index in [2.05, 4.69) is 28.8 Å². The van der Waals surface area contributed by atoms with Crippen molar-refractivity contribution in [2.75, 3.05) is 19.4 Å². The van der Waals surface area contributed by atoms with Crippen LogP contribution in [0.5, 0.6) is 0 Å². The molecule has 1 unspecified atom stereocenters. The Bertz CT molecular complexity index is 292. The van der Waals surface area contributed by atoms with Crippen LogP contribution < -0.4 is 5.32 Å². The topological polar surface area (TPSA) is 63.0 Å². The van der Waals surface area contributed by atoms with E-state index in [1.165, 1.54) is 0 Å². The van der Waals surface area contributed by atoms with E-state index in [0.29, 0.717) is 5.25 Å². The van der Waals surface area contributed by atoms with Crippen molar-refractivity contribution in [1.29, 1.82) is 0 Å². The lowest BCUT2D eigenvalue weighted by Crippen LogP contribution is -2.22. The third-order valence-corrected chi connectivity index (χ3v) is 3.24.